The lowest BCUT2D eigenvalue weighted by molar-refractivity contribution is 0.628. The lowest BCUT2D eigenvalue weighted by Gasteiger charge is -1.95. The van der Waals surface area contributed by atoms with Crippen LogP contribution in [0.3, 0.4) is 0 Å². The van der Waals surface area contributed by atoms with Crippen LogP contribution in [0.25, 0.3) is 11.4 Å². The highest BCUT2D eigenvalue weighted by molar-refractivity contribution is 5.58. The molecule has 0 bridgehead atoms. The summed E-state index contributed by atoms with van der Waals surface area (Å²) in [6.45, 7) is 0. The van der Waals surface area contributed by atoms with Gasteiger partial charge in [0.05, 0.1) is 0 Å². The molecule has 1 aromatic carbocycles. The molecule has 1 N–H and O–H groups in total. The summed E-state index contributed by atoms with van der Waals surface area (Å²) in [7, 11) is 0. The largest absolute Gasteiger partial charge is 0.329 e. The third kappa shape index (κ3) is 1.62. The quantitative estimate of drug-likeness (QED) is 0.784. The molecule has 4 nitrogen and oxygen atoms in total. The van der Waals surface area contributed by atoms with Crippen molar-refractivity contribution in [1.82, 2.24) is 9.97 Å². The predicted molar refractivity (Wildman–Crippen MR) is 53.4 cm³/mol. The Hall–Kier alpha value is -2.66. The zero-order chi connectivity index (χ0) is 11.5. The van der Waals surface area contributed by atoms with Gasteiger partial charge in [-0.25, -0.2) is 9.37 Å². The first-order chi connectivity index (χ1) is 7.74. The summed E-state index contributed by atoms with van der Waals surface area (Å²) in [6, 6.07) is 9.37. The van der Waals surface area contributed by atoms with Crippen LogP contribution in [0, 0.1) is 28.5 Å². The summed E-state index contributed by atoms with van der Waals surface area (Å²) < 4.78 is 13.0. The van der Waals surface area contributed by atoms with Crippen LogP contribution >= 0.6 is 0 Å². The van der Waals surface area contributed by atoms with Crippen molar-refractivity contribution in [1.29, 1.82) is 10.5 Å². The third-order valence-electron chi connectivity index (χ3n) is 2.02. The number of hydrogen-bond donors (Lipinski definition) is 1. The highest BCUT2D eigenvalue weighted by atomic mass is 19.1. The molecule has 0 aliphatic rings. The van der Waals surface area contributed by atoms with Crippen molar-refractivity contribution in [2.24, 2.45) is 0 Å². The summed E-state index contributed by atoms with van der Waals surface area (Å²) >= 11 is 0. The predicted octanol–water partition coefficient (Wildman–Crippen LogP) is 1.96. The summed E-state index contributed by atoms with van der Waals surface area (Å²) in [5.74, 6) is -0.0847. The molecule has 0 spiro atoms. The number of halogens is 1. The number of rotatable bonds is 1. The number of hydrogen-bond acceptors (Lipinski definition) is 3. The average molecular weight is 212 g/mol. The van der Waals surface area contributed by atoms with E-state index in [9.17, 15) is 4.39 Å². The number of H-pyrrole nitrogens is 1. The van der Waals surface area contributed by atoms with E-state index in [0.29, 0.717) is 11.4 Å². The Morgan fingerprint density at radius 3 is 2.62 bits per heavy atom. The van der Waals surface area contributed by atoms with Crippen LogP contribution in [-0.2, 0) is 0 Å². The molecule has 0 amide bonds. The van der Waals surface area contributed by atoms with Crippen molar-refractivity contribution in [3.63, 3.8) is 0 Å². The second-order valence-electron chi connectivity index (χ2n) is 3.04. The molecule has 5 heteroatoms. The van der Waals surface area contributed by atoms with Gasteiger partial charge in [-0.05, 0) is 12.1 Å². The van der Waals surface area contributed by atoms with Gasteiger partial charge in [-0.2, -0.15) is 10.5 Å². The van der Waals surface area contributed by atoms with Crippen molar-refractivity contribution in [2.45, 2.75) is 0 Å². The highest BCUT2D eigenvalue weighted by Gasteiger charge is 2.10. The standard InChI is InChI=1S/C11H5FN4/c12-8-3-1-2-7(4-8)11-15-9(5-13)10(6-14)16-11/h1-4H,(H,15,16). The molecule has 0 fully saturated rings. The van der Waals surface area contributed by atoms with Gasteiger partial charge in [-0.3, -0.25) is 0 Å². The third-order valence-corrected chi connectivity index (χ3v) is 2.02. The number of imidazole rings is 1. The van der Waals surface area contributed by atoms with Crippen LogP contribution < -0.4 is 0 Å². The summed E-state index contributed by atoms with van der Waals surface area (Å²) in [6.07, 6.45) is 0. The minimum atomic E-state index is -0.397. The Bertz CT molecular complexity index is 584. The first-order valence-corrected chi connectivity index (χ1v) is 4.40. The van der Waals surface area contributed by atoms with Gasteiger partial charge in [0.2, 0.25) is 0 Å². The molecule has 0 unspecified atom stereocenters. The van der Waals surface area contributed by atoms with Gasteiger partial charge in [-0.1, -0.05) is 12.1 Å². The SMILES string of the molecule is N#Cc1nc(-c2cccc(F)c2)[nH]c1C#N. The van der Waals surface area contributed by atoms with E-state index in [-0.39, 0.29) is 11.4 Å². The Balaban J connectivity index is 2.55. The van der Waals surface area contributed by atoms with Crippen molar-refractivity contribution in [2.75, 3.05) is 0 Å². The molecule has 1 aromatic heterocycles. The van der Waals surface area contributed by atoms with Gasteiger partial charge in [0.25, 0.3) is 0 Å². The molecule has 0 atom stereocenters. The zero-order valence-corrected chi connectivity index (χ0v) is 8.03. The summed E-state index contributed by atoms with van der Waals surface area (Å²) in [5.41, 5.74) is 0.599. The fourth-order valence-corrected chi connectivity index (χ4v) is 1.31. The number of nitrogens with one attached hydrogen (secondary N) is 1. The molecule has 0 saturated carbocycles. The minimum Gasteiger partial charge on any atom is -0.329 e. The fourth-order valence-electron chi connectivity index (χ4n) is 1.31. The van der Waals surface area contributed by atoms with Crippen molar-refractivity contribution >= 4 is 0 Å². The molecule has 0 saturated heterocycles. The minimum absolute atomic E-state index is 0.0155. The average Bonchev–Trinajstić information content (AvgIpc) is 2.72. The van der Waals surface area contributed by atoms with E-state index >= 15 is 0 Å². The normalized spacial score (nSPS) is 9.44. The number of aromatic nitrogens is 2. The molecule has 0 aliphatic carbocycles. The van der Waals surface area contributed by atoms with E-state index in [1.54, 1.807) is 12.1 Å². The second-order valence-corrected chi connectivity index (χ2v) is 3.04. The topological polar surface area (TPSA) is 76.3 Å². The van der Waals surface area contributed by atoms with E-state index in [2.05, 4.69) is 9.97 Å². The molecule has 0 radical (unpaired) electrons. The van der Waals surface area contributed by atoms with E-state index in [1.807, 2.05) is 6.07 Å². The molecule has 16 heavy (non-hydrogen) atoms. The van der Waals surface area contributed by atoms with Crippen molar-refractivity contribution in [3.05, 3.63) is 41.5 Å². The number of benzene rings is 1. The van der Waals surface area contributed by atoms with Crippen molar-refractivity contribution in [3.8, 4) is 23.5 Å². The number of nitriles is 2. The molecule has 0 aliphatic heterocycles. The Labute approximate surface area is 90.6 Å². The van der Waals surface area contributed by atoms with Crippen LogP contribution in [0.1, 0.15) is 11.4 Å². The van der Waals surface area contributed by atoms with Gasteiger partial charge in [0.1, 0.15) is 23.8 Å². The lowest BCUT2D eigenvalue weighted by Crippen LogP contribution is -1.82. The zero-order valence-electron chi connectivity index (χ0n) is 8.03. The maximum Gasteiger partial charge on any atom is 0.177 e. The van der Waals surface area contributed by atoms with Crippen LogP contribution in [0.2, 0.25) is 0 Å². The van der Waals surface area contributed by atoms with Gasteiger partial charge < -0.3 is 4.98 Å². The highest BCUT2D eigenvalue weighted by Crippen LogP contribution is 2.18. The smallest absolute Gasteiger partial charge is 0.177 e. The van der Waals surface area contributed by atoms with Crippen LogP contribution in [0.5, 0.6) is 0 Å². The number of nitrogens with zero attached hydrogens (tertiary/aromatic N) is 3. The van der Waals surface area contributed by atoms with Gasteiger partial charge in [0, 0.05) is 5.56 Å². The van der Waals surface area contributed by atoms with Gasteiger partial charge in [-0.15, -0.1) is 0 Å². The lowest BCUT2D eigenvalue weighted by atomic mass is 10.2. The molecular weight excluding hydrogens is 207 g/mol. The molecular formula is C11H5FN4. The van der Waals surface area contributed by atoms with E-state index < -0.39 is 5.82 Å². The van der Waals surface area contributed by atoms with Crippen molar-refractivity contribution < 1.29 is 4.39 Å². The Kier molecular flexibility index (Phi) is 2.37. The first-order valence-electron chi connectivity index (χ1n) is 4.40. The van der Waals surface area contributed by atoms with Crippen LogP contribution in [0.4, 0.5) is 4.39 Å². The number of aromatic amines is 1. The van der Waals surface area contributed by atoms with E-state index in [1.165, 1.54) is 18.2 Å². The molecule has 2 aromatic rings. The second kappa shape index (κ2) is 3.84. The van der Waals surface area contributed by atoms with Gasteiger partial charge in [0.15, 0.2) is 11.4 Å². The maximum absolute atomic E-state index is 13.0. The molecule has 76 valence electrons. The van der Waals surface area contributed by atoms with Gasteiger partial charge >= 0.3 is 0 Å². The molecule has 1 heterocycles. The molecule has 2 rings (SSSR count). The van der Waals surface area contributed by atoms with Crippen LogP contribution in [0.15, 0.2) is 24.3 Å². The van der Waals surface area contributed by atoms with E-state index in [0.717, 1.165) is 0 Å². The first kappa shape index (κ1) is 9.88. The fraction of sp³-hybridized carbons (Fsp3) is 0. The Morgan fingerprint density at radius 1 is 1.25 bits per heavy atom. The maximum atomic E-state index is 13.0. The summed E-state index contributed by atoms with van der Waals surface area (Å²) in [4.78, 5) is 6.57. The monoisotopic (exact) mass is 212 g/mol. The van der Waals surface area contributed by atoms with Crippen LogP contribution in [-0.4, -0.2) is 9.97 Å². The summed E-state index contributed by atoms with van der Waals surface area (Å²) in [5, 5.41) is 17.4. The van der Waals surface area contributed by atoms with E-state index in [4.69, 9.17) is 10.5 Å². The Morgan fingerprint density at radius 2 is 2.06 bits per heavy atom.